The Morgan fingerprint density at radius 2 is 1.17 bits per heavy atom. The van der Waals surface area contributed by atoms with E-state index in [0.29, 0.717) is 0 Å². The van der Waals surface area contributed by atoms with Crippen molar-refractivity contribution in [2.24, 2.45) is 0 Å². The Hall–Kier alpha value is -1.06. The molecular weight excluding hydrogens is 336 g/mol. The number of carbonyl (C=O) groups excluding carboxylic acids is 2. The highest BCUT2D eigenvalue weighted by Gasteiger charge is 2.30. The van der Waals surface area contributed by atoms with Crippen LogP contribution in [-0.4, -0.2) is 126 Å². The summed E-state index contributed by atoms with van der Waals surface area (Å²) in [4.78, 5) is 20.4. The Labute approximate surface area is 136 Å². The number of aldehydes is 1. The summed E-state index contributed by atoms with van der Waals surface area (Å²) in [5, 5.41) is 86.6. The van der Waals surface area contributed by atoms with Gasteiger partial charge in [-0.05, 0) is 0 Å². The van der Waals surface area contributed by atoms with E-state index in [1.54, 1.807) is 0 Å². The zero-order chi connectivity index (χ0) is 19.4. The van der Waals surface area contributed by atoms with Crippen LogP contribution in [0.25, 0.3) is 0 Å². The summed E-state index contributed by atoms with van der Waals surface area (Å²) in [6.45, 7) is -2.45. The Kier molecular flexibility index (Phi) is 13.9. The van der Waals surface area contributed by atoms with E-state index in [1.165, 1.54) is 0 Å². The summed E-state index contributed by atoms with van der Waals surface area (Å²) in [6.07, 6.45) is -12.1. The molecule has 0 aromatic heterocycles. The first-order valence-corrected chi connectivity index (χ1v) is 6.65. The maximum Gasteiger partial charge on any atom is 0.189 e. The van der Waals surface area contributed by atoms with Crippen molar-refractivity contribution in [3.63, 3.8) is 0 Å². The number of aliphatic hydroxyl groups excluding tert-OH is 10. The summed E-state index contributed by atoms with van der Waals surface area (Å²) >= 11 is 0. The van der Waals surface area contributed by atoms with Crippen LogP contribution in [0, 0.1) is 0 Å². The van der Waals surface area contributed by atoms with Gasteiger partial charge >= 0.3 is 0 Å². The van der Waals surface area contributed by atoms with E-state index < -0.39 is 68.3 Å². The summed E-state index contributed by atoms with van der Waals surface area (Å²) < 4.78 is 0. The minimum absolute atomic E-state index is 0.0258. The molecule has 12 nitrogen and oxygen atoms in total. The van der Waals surface area contributed by atoms with E-state index in [-0.39, 0.29) is 6.29 Å². The van der Waals surface area contributed by atoms with Gasteiger partial charge < -0.3 is 55.9 Å². The lowest BCUT2D eigenvalue weighted by molar-refractivity contribution is -0.142. The Bertz CT molecular complexity index is 351. The molecule has 10 N–H and O–H groups in total. The van der Waals surface area contributed by atoms with Crippen LogP contribution in [0.3, 0.4) is 0 Å². The molecule has 7 atom stereocenters. The molecule has 0 amide bonds. The van der Waals surface area contributed by atoms with E-state index >= 15 is 0 Å². The smallest absolute Gasteiger partial charge is 0.189 e. The molecule has 0 spiro atoms. The monoisotopic (exact) mass is 360 g/mol. The molecule has 24 heavy (non-hydrogen) atoms. The molecule has 0 heterocycles. The molecule has 0 aliphatic heterocycles. The van der Waals surface area contributed by atoms with Crippen LogP contribution in [-0.2, 0) is 9.59 Å². The third-order valence-corrected chi connectivity index (χ3v) is 2.81. The second-order valence-electron chi connectivity index (χ2n) is 4.67. The van der Waals surface area contributed by atoms with Gasteiger partial charge in [-0.3, -0.25) is 4.79 Å². The topological polar surface area (TPSA) is 236 Å². The summed E-state index contributed by atoms with van der Waals surface area (Å²) in [5.74, 6) is -1.00. The molecule has 0 rings (SSSR count). The molecule has 0 aliphatic carbocycles. The van der Waals surface area contributed by atoms with Crippen molar-refractivity contribution in [2.75, 3.05) is 19.8 Å². The summed E-state index contributed by atoms with van der Waals surface area (Å²) in [5.41, 5.74) is 0. The van der Waals surface area contributed by atoms with Crippen LogP contribution >= 0.6 is 0 Å². The zero-order valence-corrected chi connectivity index (χ0v) is 12.5. The van der Waals surface area contributed by atoms with Crippen LogP contribution in [0.2, 0.25) is 0 Å². The van der Waals surface area contributed by atoms with E-state index in [2.05, 4.69) is 0 Å². The standard InChI is InChI=1S/2C6H12O6/c2*7-1-3(9)5(11)6(12)4(10)2-8/h3,5-9,11-12H,1-2H2;1,3-6,8-12H,2H2/t3-,5+,6-;3-,4+,5-,6+/m10/s1. The van der Waals surface area contributed by atoms with Crippen LogP contribution in [0.5, 0.6) is 0 Å². The normalized spacial score (nSPS) is 19.8. The van der Waals surface area contributed by atoms with Gasteiger partial charge in [0.25, 0.3) is 0 Å². The van der Waals surface area contributed by atoms with Gasteiger partial charge in [0.15, 0.2) is 12.1 Å². The van der Waals surface area contributed by atoms with E-state index in [0.717, 1.165) is 0 Å². The van der Waals surface area contributed by atoms with Gasteiger partial charge in [0.05, 0.1) is 13.2 Å². The molecule has 144 valence electrons. The highest BCUT2D eigenvalue weighted by molar-refractivity contribution is 5.84. The predicted molar refractivity (Wildman–Crippen MR) is 74.4 cm³/mol. The number of Topliss-reactive ketones (excluding diaryl/α,β-unsaturated/α-hetero) is 1. The van der Waals surface area contributed by atoms with Crippen molar-refractivity contribution in [1.82, 2.24) is 0 Å². The minimum Gasteiger partial charge on any atom is -0.394 e. The predicted octanol–water partition coefficient (Wildman–Crippen LogP) is -6.76. The summed E-state index contributed by atoms with van der Waals surface area (Å²) in [6, 6.07) is 0. The number of aliphatic hydroxyl groups is 10. The zero-order valence-electron chi connectivity index (χ0n) is 12.5. The second-order valence-corrected chi connectivity index (χ2v) is 4.67. The molecule has 0 fully saturated rings. The van der Waals surface area contributed by atoms with Gasteiger partial charge in [0.1, 0.15) is 49.3 Å². The fraction of sp³-hybridized carbons (Fsp3) is 0.833. The SMILES string of the molecule is O=C(CO)[C@@H](O)[C@@H](O)[C@H](O)CO.O=C[C@H](O)[C@H](O)[C@H](O)[C@H](O)CO. The molecule has 0 aromatic rings. The number of hydrogen-bond donors (Lipinski definition) is 10. The number of ketones is 1. The van der Waals surface area contributed by atoms with Gasteiger partial charge in [-0.25, -0.2) is 0 Å². The molecule has 0 aromatic carbocycles. The third-order valence-electron chi connectivity index (χ3n) is 2.81. The van der Waals surface area contributed by atoms with Crippen LogP contribution in [0.15, 0.2) is 0 Å². The number of hydrogen-bond acceptors (Lipinski definition) is 12. The highest BCUT2D eigenvalue weighted by Crippen LogP contribution is 2.03. The average Bonchev–Trinajstić information content (AvgIpc) is 2.62. The van der Waals surface area contributed by atoms with Gasteiger partial charge in [-0.2, -0.15) is 0 Å². The van der Waals surface area contributed by atoms with Crippen molar-refractivity contribution in [1.29, 1.82) is 0 Å². The van der Waals surface area contributed by atoms with Gasteiger partial charge in [-0.15, -0.1) is 0 Å². The molecule has 12 heteroatoms. The second kappa shape index (κ2) is 13.3. The van der Waals surface area contributed by atoms with Crippen molar-refractivity contribution >= 4 is 12.1 Å². The lowest BCUT2D eigenvalue weighted by atomic mass is 10.0. The highest BCUT2D eigenvalue weighted by atomic mass is 16.4. The van der Waals surface area contributed by atoms with Crippen molar-refractivity contribution in [3.8, 4) is 0 Å². The Morgan fingerprint density at radius 1 is 0.750 bits per heavy atom. The number of rotatable bonds is 10. The molecular formula is C12H24O12. The quantitative estimate of drug-likeness (QED) is 0.164. The first-order valence-electron chi connectivity index (χ1n) is 6.65. The van der Waals surface area contributed by atoms with Crippen LogP contribution in [0.4, 0.5) is 0 Å². The maximum absolute atomic E-state index is 10.5. The lowest BCUT2D eigenvalue weighted by Gasteiger charge is -2.22. The molecule has 0 aliphatic rings. The van der Waals surface area contributed by atoms with Crippen LogP contribution < -0.4 is 0 Å². The van der Waals surface area contributed by atoms with E-state index in [4.69, 9.17) is 51.1 Å². The summed E-state index contributed by atoms with van der Waals surface area (Å²) in [7, 11) is 0. The molecule has 0 bridgehead atoms. The largest absolute Gasteiger partial charge is 0.394 e. The fourth-order valence-corrected chi connectivity index (χ4v) is 1.22. The van der Waals surface area contributed by atoms with Crippen molar-refractivity contribution in [2.45, 2.75) is 42.7 Å². The average molecular weight is 360 g/mol. The van der Waals surface area contributed by atoms with Gasteiger partial charge in [0, 0.05) is 0 Å². The van der Waals surface area contributed by atoms with Gasteiger partial charge in [0.2, 0.25) is 0 Å². The number of carbonyl (C=O) groups is 2. The third kappa shape index (κ3) is 8.70. The first kappa shape index (κ1) is 25.2. The maximum atomic E-state index is 10.5. The molecule has 0 unspecified atom stereocenters. The minimum atomic E-state index is -1.86. The van der Waals surface area contributed by atoms with Gasteiger partial charge in [-0.1, -0.05) is 0 Å². The molecule has 0 saturated carbocycles. The molecule has 0 radical (unpaired) electrons. The Morgan fingerprint density at radius 3 is 1.50 bits per heavy atom. The lowest BCUT2D eigenvalue weighted by Crippen LogP contribution is -2.46. The van der Waals surface area contributed by atoms with Crippen LogP contribution in [0.1, 0.15) is 0 Å². The van der Waals surface area contributed by atoms with Crippen molar-refractivity contribution in [3.05, 3.63) is 0 Å². The van der Waals surface area contributed by atoms with Crippen molar-refractivity contribution < 1.29 is 60.7 Å². The van der Waals surface area contributed by atoms with E-state index in [1.807, 2.05) is 0 Å². The first-order chi connectivity index (χ1) is 11.1. The Balaban J connectivity index is 0. The molecule has 0 saturated heterocycles. The fourth-order valence-electron chi connectivity index (χ4n) is 1.22. The van der Waals surface area contributed by atoms with E-state index in [9.17, 15) is 9.59 Å².